The van der Waals surface area contributed by atoms with Gasteiger partial charge in [-0.1, -0.05) is 36.4 Å². The van der Waals surface area contributed by atoms with Gasteiger partial charge in [0, 0.05) is 17.4 Å². The zero-order valence-corrected chi connectivity index (χ0v) is 20.5. The van der Waals surface area contributed by atoms with E-state index in [0.29, 0.717) is 22.6 Å². The van der Waals surface area contributed by atoms with Crippen molar-refractivity contribution in [3.63, 3.8) is 0 Å². The van der Waals surface area contributed by atoms with Gasteiger partial charge in [0.2, 0.25) is 0 Å². The maximum Gasteiger partial charge on any atom is 0.406 e. The lowest BCUT2D eigenvalue weighted by Gasteiger charge is -2.26. The molecule has 5 rings (SSSR count). The van der Waals surface area contributed by atoms with Gasteiger partial charge in [-0.05, 0) is 43.0 Å². The van der Waals surface area contributed by atoms with Crippen LogP contribution in [-0.2, 0) is 4.79 Å². The molecule has 4 aromatic rings. The number of rotatable bonds is 5. The largest absolute Gasteiger partial charge is 0.495 e. The monoisotopic (exact) mass is 510 g/mol. The average molecular weight is 511 g/mol. The highest BCUT2D eigenvalue weighted by Gasteiger charge is 2.41. The van der Waals surface area contributed by atoms with E-state index in [4.69, 9.17) is 4.74 Å². The highest BCUT2D eigenvalue weighted by Crippen LogP contribution is 2.40. The van der Waals surface area contributed by atoms with Crippen LogP contribution in [0.5, 0.6) is 5.75 Å². The van der Waals surface area contributed by atoms with Gasteiger partial charge in [-0.15, -0.1) is 5.10 Å². The number of aryl methyl sites for hydroxylation is 1. The van der Waals surface area contributed by atoms with Crippen LogP contribution in [0.15, 0.2) is 61.2 Å². The summed E-state index contributed by atoms with van der Waals surface area (Å²) in [4.78, 5) is 18.5. The molecule has 1 amide bonds. The quantitative estimate of drug-likeness (QED) is 0.374. The molecule has 0 fully saturated rings. The lowest BCUT2D eigenvalue weighted by Crippen LogP contribution is -2.42. The topological polar surface area (TPSA) is 78.1 Å². The minimum atomic E-state index is -4.56. The Hall–Kier alpha value is -4.15. The average Bonchev–Trinajstić information content (AvgIpc) is 3.52. The van der Waals surface area contributed by atoms with Crippen molar-refractivity contribution in [3.05, 3.63) is 72.4 Å². The fraction of sp³-hybridized carbons (Fsp3) is 0.308. The molecule has 0 saturated carbocycles. The van der Waals surface area contributed by atoms with E-state index in [9.17, 15) is 18.0 Å². The summed E-state index contributed by atoms with van der Waals surface area (Å²) in [5.74, 6) is -0.265. The molecule has 0 N–H and O–H groups in total. The Morgan fingerprint density at radius 2 is 1.89 bits per heavy atom. The second-order valence-corrected chi connectivity index (χ2v) is 9.14. The SMILES string of the molecule is COc1cc(-c2cn(C3C[C@@H](C)c4ccccc4N(CC(F)(F)F)C3=O)nn2)ccc1-n1cnc(C)c1. The molecule has 2 aromatic carbocycles. The number of halogens is 3. The molecule has 2 atom stereocenters. The smallest absolute Gasteiger partial charge is 0.406 e. The Bertz CT molecular complexity index is 1440. The van der Waals surface area contributed by atoms with Crippen LogP contribution in [0.4, 0.5) is 18.9 Å². The summed E-state index contributed by atoms with van der Waals surface area (Å²) in [6.45, 7) is 2.41. The van der Waals surface area contributed by atoms with Gasteiger partial charge in [-0.25, -0.2) is 9.67 Å². The molecule has 8 nitrogen and oxygen atoms in total. The van der Waals surface area contributed by atoms with Gasteiger partial charge < -0.3 is 14.2 Å². The van der Waals surface area contributed by atoms with Crippen LogP contribution in [0.3, 0.4) is 0 Å². The molecule has 0 aliphatic carbocycles. The van der Waals surface area contributed by atoms with E-state index >= 15 is 0 Å². The number of hydrogen-bond donors (Lipinski definition) is 0. The fourth-order valence-electron chi connectivity index (χ4n) is 4.74. The third-order valence-corrected chi connectivity index (χ3v) is 6.52. The second-order valence-electron chi connectivity index (χ2n) is 9.14. The standard InChI is InChI=1S/C26H25F3N6O2/c1-16-10-23(25(36)34(14-26(27,28)29)21-7-5-4-6-19(16)21)35-13-20(31-32-35)18-8-9-22(24(11-18)37-3)33-12-17(2)30-15-33/h4-9,11-13,15-16,23H,10,14H2,1-3H3/t16-,23?/m1/s1. The molecule has 11 heteroatoms. The molecule has 0 bridgehead atoms. The molecule has 0 saturated heterocycles. The van der Waals surface area contributed by atoms with Gasteiger partial charge in [-0.2, -0.15) is 13.2 Å². The third kappa shape index (κ3) is 4.81. The van der Waals surface area contributed by atoms with E-state index in [1.165, 1.54) is 4.68 Å². The van der Waals surface area contributed by atoms with E-state index in [1.54, 1.807) is 50.0 Å². The van der Waals surface area contributed by atoms with Crippen LogP contribution in [0.25, 0.3) is 16.9 Å². The number of carbonyl (C=O) groups is 1. The predicted molar refractivity (Wildman–Crippen MR) is 131 cm³/mol. The van der Waals surface area contributed by atoms with E-state index in [2.05, 4.69) is 15.3 Å². The lowest BCUT2D eigenvalue weighted by atomic mass is 9.94. The molecular weight excluding hydrogens is 485 g/mol. The number of fused-ring (bicyclic) bond motifs is 1. The zero-order valence-electron chi connectivity index (χ0n) is 20.5. The maximum absolute atomic E-state index is 13.5. The number of methoxy groups -OCH3 is 1. The van der Waals surface area contributed by atoms with Gasteiger partial charge >= 0.3 is 6.18 Å². The van der Waals surface area contributed by atoms with Crippen molar-refractivity contribution in [2.75, 3.05) is 18.6 Å². The number of hydrogen-bond acceptors (Lipinski definition) is 5. The zero-order chi connectivity index (χ0) is 26.3. The molecule has 0 radical (unpaired) electrons. The molecule has 3 heterocycles. The minimum absolute atomic E-state index is 0.172. The Kier molecular flexibility index (Phi) is 6.22. The van der Waals surface area contributed by atoms with E-state index in [-0.39, 0.29) is 18.0 Å². The lowest BCUT2D eigenvalue weighted by molar-refractivity contribution is -0.134. The molecule has 1 aliphatic heterocycles. The number of amides is 1. The van der Waals surface area contributed by atoms with Crippen molar-refractivity contribution in [1.29, 1.82) is 0 Å². The van der Waals surface area contributed by atoms with Crippen molar-refractivity contribution in [2.24, 2.45) is 0 Å². The van der Waals surface area contributed by atoms with E-state index < -0.39 is 24.7 Å². The van der Waals surface area contributed by atoms with E-state index in [1.807, 2.05) is 36.7 Å². The summed E-state index contributed by atoms with van der Waals surface area (Å²) in [6, 6.07) is 11.3. The number of anilines is 1. The molecule has 0 spiro atoms. The first kappa shape index (κ1) is 24.5. The van der Waals surface area contributed by atoms with Gasteiger partial charge in [-0.3, -0.25) is 4.79 Å². The maximum atomic E-state index is 13.5. The van der Waals surface area contributed by atoms with Crippen LogP contribution in [0.2, 0.25) is 0 Å². The van der Waals surface area contributed by atoms with Crippen molar-refractivity contribution < 1.29 is 22.7 Å². The predicted octanol–water partition coefficient (Wildman–Crippen LogP) is 5.09. The van der Waals surface area contributed by atoms with Crippen molar-refractivity contribution in [3.8, 4) is 22.7 Å². The highest BCUT2D eigenvalue weighted by molar-refractivity contribution is 5.98. The number of para-hydroxylation sites is 1. The first-order chi connectivity index (χ1) is 17.6. The number of ether oxygens (including phenoxy) is 1. The highest BCUT2D eigenvalue weighted by atomic mass is 19.4. The van der Waals surface area contributed by atoms with Crippen molar-refractivity contribution in [2.45, 2.75) is 38.4 Å². The molecule has 192 valence electrons. The van der Waals surface area contributed by atoms with E-state index in [0.717, 1.165) is 16.3 Å². The van der Waals surface area contributed by atoms with Crippen LogP contribution >= 0.6 is 0 Å². The van der Waals surface area contributed by atoms with Crippen LogP contribution < -0.4 is 9.64 Å². The number of imidazole rings is 1. The summed E-state index contributed by atoms with van der Waals surface area (Å²) < 4.78 is 49.2. The summed E-state index contributed by atoms with van der Waals surface area (Å²) in [7, 11) is 1.56. The van der Waals surface area contributed by atoms with Crippen LogP contribution in [0.1, 0.15) is 36.6 Å². The Balaban J connectivity index is 1.49. The number of alkyl halides is 3. The summed E-state index contributed by atoms with van der Waals surface area (Å²) in [5, 5.41) is 8.39. The molecule has 37 heavy (non-hydrogen) atoms. The number of benzene rings is 2. The van der Waals surface area contributed by atoms with Crippen molar-refractivity contribution >= 4 is 11.6 Å². The van der Waals surface area contributed by atoms with Gasteiger partial charge in [0.15, 0.2) is 0 Å². The van der Waals surface area contributed by atoms with Gasteiger partial charge in [0.1, 0.15) is 24.0 Å². The Morgan fingerprint density at radius 3 is 2.59 bits per heavy atom. The third-order valence-electron chi connectivity index (χ3n) is 6.52. The van der Waals surface area contributed by atoms with Gasteiger partial charge in [0.25, 0.3) is 5.91 Å². The molecule has 2 aromatic heterocycles. The normalized spacial score (nSPS) is 18.0. The molecule has 1 aliphatic rings. The first-order valence-corrected chi connectivity index (χ1v) is 11.7. The number of aromatic nitrogens is 5. The number of nitrogens with zero attached hydrogens (tertiary/aromatic N) is 6. The summed E-state index contributed by atoms with van der Waals surface area (Å²) >= 11 is 0. The molecule has 1 unspecified atom stereocenters. The van der Waals surface area contributed by atoms with Crippen LogP contribution in [-0.4, -0.2) is 50.3 Å². The Morgan fingerprint density at radius 1 is 1.11 bits per heavy atom. The molecular formula is C26H25F3N6O2. The minimum Gasteiger partial charge on any atom is -0.495 e. The van der Waals surface area contributed by atoms with Crippen LogP contribution in [0, 0.1) is 6.92 Å². The van der Waals surface area contributed by atoms with Gasteiger partial charge in [0.05, 0.1) is 31.0 Å². The summed E-state index contributed by atoms with van der Waals surface area (Å²) in [6.07, 6.45) is 0.882. The summed E-state index contributed by atoms with van der Waals surface area (Å²) in [5.41, 5.74) is 3.77. The Labute approximate surface area is 211 Å². The van der Waals surface area contributed by atoms with Crippen molar-refractivity contribution in [1.82, 2.24) is 24.5 Å². The first-order valence-electron chi connectivity index (χ1n) is 11.7. The fourth-order valence-corrected chi connectivity index (χ4v) is 4.74. The number of carbonyl (C=O) groups excluding carboxylic acids is 1. The second kappa shape index (κ2) is 9.38.